The lowest BCUT2D eigenvalue weighted by Crippen LogP contribution is -2.03. The fourth-order valence-corrected chi connectivity index (χ4v) is 1.64. The molecule has 0 atom stereocenters. The zero-order valence-electron chi connectivity index (χ0n) is 11.3. The highest BCUT2D eigenvalue weighted by Gasteiger charge is 2.06. The standard InChI is InChI=1S/C16H11NO5/c18-11-13-3-1-12(2-4-13)5-10-16(19)22-15-8-6-14(7-9-15)17(20)21/h1-11H. The molecule has 2 rings (SSSR count). The van der Waals surface area contributed by atoms with Crippen molar-refractivity contribution >= 4 is 24.0 Å². The fourth-order valence-electron chi connectivity index (χ4n) is 1.64. The first-order chi connectivity index (χ1) is 10.6. The third-order valence-electron chi connectivity index (χ3n) is 2.75. The summed E-state index contributed by atoms with van der Waals surface area (Å²) in [5, 5.41) is 10.5. The summed E-state index contributed by atoms with van der Waals surface area (Å²) >= 11 is 0. The smallest absolute Gasteiger partial charge is 0.336 e. The van der Waals surface area contributed by atoms with Crippen LogP contribution in [0.2, 0.25) is 0 Å². The van der Waals surface area contributed by atoms with Crippen molar-refractivity contribution in [2.75, 3.05) is 0 Å². The van der Waals surface area contributed by atoms with Crippen molar-refractivity contribution in [3.05, 3.63) is 75.8 Å². The zero-order valence-corrected chi connectivity index (χ0v) is 11.3. The van der Waals surface area contributed by atoms with Crippen LogP contribution >= 0.6 is 0 Å². The van der Waals surface area contributed by atoms with Gasteiger partial charge in [-0.3, -0.25) is 14.9 Å². The van der Waals surface area contributed by atoms with Crippen molar-refractivity contribution in [2.24, 2.45) is 0 Å². The Hall–Kier alpha value is -3.28. The topological polar surface area (TPSA) is 86.5 Å². The van der Waals surface area contributed by atoms with Crippen LogP contribution in [0.15, 0.2) is 54.6 Å². The van der Waals surface area contributed by atoms with Crippen LogP contribution in [0.3, 0.4) is 0 Å². The van der Waals surface area contributed by atoms with Crippen LogP contribution < -0.4 is 4.74 Å². The van der Waals surface area contributed by atoms with Gasteiger partial charge in [-0.15, -0.1) is 0 Å². The number of hydrogen-bond acceptors (Lipinski definition) is 5. The lowest BCUT2D eigenvalue weighted by atomic mass is 10.1. The van der Waals surface area contributed by atoms with Crippen LogP contribution in [0.5, 0.6) is 5.75 Å². The van der Waals surface area contributed by atoms with E-state index in [1.165, 1.54) is 30.3 Å². The van der Waals surface area contributed by atoms with E-state index in [1.807, 2.05) is 0 Å². The van der Waals surface area contributed by atoms with Gasteiger partial charge in [-0.05, 0) is 23.8 Å². The van der Waals surface area contributed by atoms with Crippen LogP contribution in [0.4, 0.5) is 5.69 Å². The number of esters is 1. The summed E-state index contributed by atoms with van der Waals surface area (Å²) in [6.45, 7) is 0. The molecule has 6 nitrogen and oxygen atoms in total. The predicted octanol–water partition coefficient (Wildman–Crippen LogP) is 3.03. The molecule has 0 aliphatic rings. The maximum atomic E-state index is 11.6. The van der Waals surface area contributed by atoms with Gasteiger partial charge in [0.25, 0.3) is 5.69 Å². The summed E-state index contributed by atoms with van der Waals surface area (Å²) < 4.78 is 5.01. The minimum atomic E-state index is -0.603. The Kier molecular flexibility index (Phi) is 4.77. The number of carbonyl (C=O) groups excluding carboxylic acids is 2. The van der Waals surface area contributed by atoms with Crippen LogP contribution in [0.1, 0.15) is 15.9 Å². The molecule has 0 heterocycles. The molecule has 0 fully saturated rings. The van der Waals surface area contributed by atoms with Crippen LogP contribution in [0.25, 0.3) is 6.08 Å². The highest BCUT2D eigenvalue weighted by atomic mass is 16.6. The van der Waals surface area contributed by atoms with Crippen molar-refractivity contribution in [2.45, 2.75) is 0 Å². The molecule has 0 radical (unpaired) electrons. The van der Waals surface area contributed by atoms with Gasteiger partial charge in [0.1, 0.15) is 12.0 Å². The van der Waals surface area contributed by atoms with Crippen LogP contribution in [-0.2, 0) is 4.79 Å². The second kappa shape index (κ2) is 6.94. The summed E-state index contributed by atoms with van der Waals surface area (Å²) in [6, 6.07) is 11.9. The number of rotatable bonds is 5. The van der Waals surface area contributed by atoms with Gasteiger partial charge in [-0.25, -0.2) is 4.79 Å². The number of nitro benzene ring substituents is 1. The molecule has 2 aromatic rings. The average molecular weight is 297 g/mol. The Bertz CT molecular complexity index is 717. The third kappa shape index (κ3) is 4.11. The summed E-state index contributed by atoms with van der Waals surface area (Å²) in [7, 11) is 0. The fraction of sp³-hybridized carbons (Fsp3) is 0. The molecule has 110 valence electrons. The molecule has 2 aromatic carbocycles. The lowest BCUT2D eigenvalue weighted by molar-refractivity contribution is -0.384. The molecule has 0 aliphatic carbocycles. The predicted molar refractivity (Wildman–Crippen MR) is 79.6 cm³/mol. The maximum Gasteiger partial charge on any atom is 0.336 e. The Morgan fingerprint density at radius 2 is 1.59 bits per heavy atom. The molecule has 0 N–H and O–H groups in total. The molecule has 6 heteroatoms. The highest BCUT2D eigenvalue weighted by Crippen LogP contribution is 2.17. The molecule has 0 aliphatic heterocycles. The van der Waals surface area contributed by atoms with Crippen LogP contribution in [-0.4, -0.2) is 17.2 Å². The highest BCUT2D eigenvalue weighted by molar-refractivity contribution is 5.88. The summed E-state index contributed by atoms with van der Waals surface area (Å²) in [4.78, 5) is 32.1. The van der Waals surface area contributed by atoms with E-state index >= 15 is 0 Å². The van der Waals surface area contributed by atoms with Gasteiger partial charge >= 0.3 is 5.97 Å². The number of hydrogen-bond donors (Lipinski definition) is 0. The minimum absolute atomic E-state index is 0.0781. The number of carbonyl (C=O) groups is 2. The van der Waals surface area contributed by atoms with Crippen molar-refractivity contribution in [1.29, 1.82) is 0 Å². The number of nitrogens with zero attached hydrogens (tertiary/aromatic N) is 1. The molecule has 0 bridgehead atoms. The maximum absolute atomic E-state index is 11.6. The zero-order chi connectivity index (χ0) is 15.9. The van der Waals surface area contributed by atoms with Crippen LogP contribution in [0, 0.1) is 10.1 Å². The summed E-state index contributed by atoms with van der Waals surface area (Å²) in [5.74, 6) is -0.384. The molecule has 0 unspecified atom stereocenters. The first kappa shape index (κ1) is 15.1. The van der Waals surface area contributed by atoms with Gasteiger partial charge in [0, 0.05) is 23.8 Å². The van der Waals surface area contributed by atoms with Crippen molar-refractivity contribution in [3.8, 4) is 5.75 Å². The van der Waals surface area contributed by atoms with Gasteiger partial charge in [-0.2, -0.15) is 0 Å². The average Bonchev–Trinajstić information content (AvgIpc) is 2.54. The quantitative estimate of drug-likeness (QED) is 0.211. The molecular formula is C16H11NO5. The number of nitro groups is 1. The van der Waals surface area contributed by atoms with E-state index in [1.54, 1.807) is 30.3 Å². The van der Waals surface area contributed by atoms with E-state index in [0.29, 0.717) is 5.56 Å². The Morgan fingerprint density at radius 3 is 2.14 bits per heavy atom. The summed E-state index contributed by atoms with van der Waals surface area (Å²) in [6.07, 6.45) is 3.51. The van der Waals surface area contributed by atoms with E-state index in [0.717, 1.165) is 11.8 Å². The van der Waals surface area contributed by atoms with Crippen molar-refractivity contribution in [3.63, 3.8) is 0 Å². The van der Waals surface area contributed by atoms with Gasteiger partial charge in [0.2, 0.25) is 0 Å². The van der Waals surface area contributed by atoms with Gasteiger partial charge in [-0.1, -0.05) is 24.3 Å². The number of aldehydes is 1. The van der Waals surface area contributed by atoms with Gasteiger partial charge < -0.3 is 4.74 Å². The lowest BCUT2D eigenvalue weighted by Gasteiger charge is -2.00. The van der Waals surface area contributed by atoms with E-state index in [-0.39, 0.29) is 11.4 Å². The molecule has 0 spiro atoms. The van der Waals surface area contributed by atoms with E-state index in [2.05, 4.69) is 0 Å². The molecule has 0 saturated heterocycles. The van der Waals surface area contributed by atoms with Crippen molar-refractivity contribution in [1.82, 2.24) is 0 Å². The molecule has 0 saturated carbocycles. The Morgan fingerprint density at radius 1 is 1.00 bits per heavy atom. The first-order valence-electron chi connectivity index (χ1n) is 6.28. The van der Waals surface area contributed by atoms with E-state index in [4.69, 9.17) is 4.74 Å². The second-order valence-corrected chi connectivity index (χ2v) is 4.29. The van der Waals surface area contributed by atoms with E-state index in [9.17, 15) is 19.7 Å². The molecule has 0 amide bonds. The minimum Gasteiger partial charge on any atom is -0.423 e. The van der Waals surface area contributed by atoms with Crippen molar-refractivity contribution < 1.29 is 19.2 Å². The van der Waals surface area contributed by atoms with Gasteiger partial charge in [0.05, 0.1) is 4.92 Å². The Balaban J connectivity index is 1.98. The number of ether oxygens (including phenoxy) is 1. The largest absolute Gasteiger partial charge is 0.423 e. The number of non-ortho nitro benzene ring substituents is 1. The Labute approximate surface area is 125 Å². The van der Waals surface area contributed by atoms with E-state index < -0.39 is 10.9 Å². The molecule has 22 heavy (non-hydrogen) atoms. The molecule has 0 aromatic heterocycles. The molecular weight excluding hydrogens is 286 g/mol. The second-order valence-electron chi connectivity index (χ2n) is 4.29. The number of benzene rings is 2. The summed E-state index contributed by atoms with van der Waals surface area (Å²) in [5.41, 5.74) is 1.21. The normalized spacial score (nSPS) is 10.4. The third-order valence-corrected chi connectivity index (χ3v) is 2.75. The van der Waals surface area contributed by atoms with Gasteiger partial charge in [0.15, 0.2) is 0 Å². The SMILES string of the molecule is O=Cc1ccc(C=CC(=O)Oc2ccc([N+](=O)[O-])cc2)cc1. The monoisotopic (exact) mass is 297 g/mol. The first-order valence-corrected chi connectivity index (χ1v) is 6.28.